The number of para-hydroxylation sites is 1. The van der Waals surface area contributed by atoms with Crippen LogP contribution in [0.5, 0.6) is 0 Å². The van der Waals surface area contributed by atoms with E-state index >= 15 is 0 Å². The highest BCUT2D eigenvalue weighted by Gasteiger charge is 2.11. The monoisotopic (exact) mass is 297 g/mol. The Hall–Kier alpha value is -2.89. The zero-order valence-corrected chi connectivity index (χ0v) is 12.1. The van der Waals surface area contributed by atoms with Crippen LogP contribution in [0.25, 0.3) is 11.0 Å². The molecule has 6 nitrogen and oxygen atoms in total. The molecule has 0 radical (unpaired) electrons. The molecule has 6 heteroatoms. The number of furan rings is 1. The number of aryl methyl sites for hydroxylation is 1. The lowest BCUT2D eigenvalue weighted by Gasteiger charge is -2.05. The van der Waals surface area contributed by atoms with Crippen LogP contribution in [0.15, 0.2) is 47.0 Å². The number of nitrogens with one attached hydrogen (secondary N) is 1. The zero-order valence-electron chi connectivity index (χ0n) is 12.1. The number of benzene rings is 1. The minimum absolute atomic E-state index is 0.0304. The van der Waals surface area contributed by atoms with E-state index in [9.17, 15) is 10.1 Å². The lowest BCUT2D eigenvalue weighted by atomic mass is 10.2. The quantitative estimate of drug-likeness (QED) is 0.573. The number of nitro groups is 1. The maximum Gasteiger partial charge on any atom is 0.290 e. The van der Waals surface area contributed by atoms with Gasteiger partial charge >= 0.3 is 0 Å². The van der Waals surface area contributed by atoms with Crippen molar-refractivity contribution in [2.24, 2.45) is 0 Å². The maximum atomic E-state index is 10.8. The number of aromatic nitrogens is 1. The molecule has 3 aromatic rings. The molecule has 0 bridgehead atoms. The van der Waals surface area contributed by atoms with Crippen LogP contribution in [0, 0.1) is 17.0 Å². The Morgan fingerprint density at radius 3 is 2.86 bits per heavy atom. The van der Waals surface area contributed by atoms with E-state index in [1.54, 1.807) is 13.0 Å². The maximum absolute atomic E-state index is 10.8. The van der Waals surface area contributed by atoms with Crippen LogP contribution in [-0.2, 0) is 6.42 Å². The predicted molar refractivity (Wildman–Crippen MR) is 84.0 cm³/mol. The number of hydrogen-bond acceptors (Lipinski definition) is 5. The van der Waals surface area contributed by atoms with E-state index in [-0.39, 0.29) is 5.69 Å². The van der Waals surface area contributed by atoms with Crippen molar-refractivity contribution in [3.8, 4) is 0 Å². The third-order valence-corrected chi connectivity index (χ3v) is 3.43. The average molecular weight is 297 g/mol. The summed E-state index contributed by atoms with van der Waals surface area (Å²) in [4.78, 5) is 14.4. The summed E-state index contributed by atoms with van der Waals surface area (Å²) in [5.41, 5.74) is 1.50. The van der Waals surface area contributed by atoms with E-state index in [1.165, 1.54) is 6.20 Å². The second-order valence-corrected chi connectivity index (χ2v) is 5.04. The Labute approximate surface area is 126 Å². The van der Waals surface area contributed by atoms with Crippen LogP contribution in [-0.4, -0.2) is 16.5 Å². The van der Waals surface area contributed by atoms with Crippen LogP contribution in [0.1, 0.15) is 11.3 Å². The Balaban J connectivity index is 1.63. The normalized spacial score (nSPS) is 10.8. The van der Waals surface area contributed by atoms with Crippen molar-refractivity contribution >= 4 is 22.5 Å². The minimum Gasteiger partial charge on any atom is -0.461 e. The highest BCUT2D eigenvalue weighted by molar-refractivity contribution is 5.77. The topological polar surface area (TPSA) is 81.2 Å². The molecule has 0 unspecified atom stereocenters. The summed E-state index contributed by atoms with van der Waals surface area (Å²) in [7, 11) is 0. The van der Waals surface area contributed by atoms with Gasteiger partial charge in [0.2, 0.25) is 0 Å². The Kier molecular flexibility index (Phi) is 3.74. The lowest BCUT2D eigenvalue weighted by Crippen LogP contribution is -2.06. The van der Waals surface area contributed by atoms with Crippen molar-refractivity contribution in [3.05, 3.63) is 64.0 Å². The molecule has 0 saturated heterocycles. The molecule has 2 aromatic heterocycles. The second kappa shape index (κ2) is 5.85. The number of hydrogen-bond donors (Lipinski definition) is 1. The highest BCUT2D eigenvalue weighted by atomic mass is 16.6. The number of pyridine rings is 1. The SMILES string of the molecule is Cc1cc(NCCc2cc3ccccc3o2)ncc1[N+](=O)[O-]. The summed E-state index contributed by atoms with van der Waals surface area (Å²) < 4.78 is 5.73. The van der Waals surface area contributed by atoms with Crippen molar-refractivity contribution in [1.82, 2.24) is 4.98 Å². The van der Waals surface area contributed by atoms with Crippen molar-refractivity contribution in [3.63, 3.8) is 0 Å². The van der Waals surface area contributed by atoms with Crippen LogP contribution in [0.3, 0.4) is 0 Å². The number of fused-ring (bicyclic) bond motifs is 1. The molecular formula is C16H15N3O3. The van der Waals surface area contributed by atoms with Gasteiger partial charge in [0, 0.05) is 23.9 Å². The van der Waals surface area contributed by atoms with Crippen LogP contribution in [0.2, 0.25) is 0 Å². The van der Waals surface area contributed by atoms with Gasteiger partial charge in [0.15, 0.2) is 0 Å². The first kappa shape index (κ1) is 14.1. The predicted octanol–water partition coefficient (Wildman–Crippen LogP) is 3.70. The van der Waals surface area contributed by atoms with E-state index in [0.717, 1.165) is 16.7 Å². The average Bonchev–Trinajstić information content (AvgIpc) is 2.89. The molecular weight excluding hydrogens is 282 g/mol. The van der Waals surface area contributed by atoms with Gasteiger partial charge in [0.1, 0.15) is 23.4 Å². The molecule has 0 fully saturated rings. The summed E-state index contributed by atoms with van der Waals surface area (Å²) in [6.07, 6.45) is 1.99. The van der Waals surface area contributed by atoms with E-state index < -0.39 is 4.92 Å². The summed E-state index contributed by atoms with van der Waals surface area (Å²) in [5, 5.41) is 15.0. The molecule has 0 saturated carbocycles. The van der Waals surface area contributed by atoms with Crippen molar-refractivity contribution < 1.29 is 9.34 Å². The van der Waals surface area contributed by atoms with Gasteiger partial charge in [-0.15, -0.1) is 0 Å². The summed E-state index contributed by atoms with van der Waals surface area (Å²) >= 11 is 0. The van der Waals surface area contributed by atoms with Gasteiger partial charge in [-0.2, -0.15) is 0 Å². The fourth-order valence-electron chi connectivity index (χ4n) is 2.31. The van der Waals surface area contributed by atoms with Gasteiger partial charge in [-0.1, -0.05) is 18.2 Å². The molecule has 0 spiro atoms. The van der Waals surface area contributed by atoms with Gasteiger partial charge in [-0.3, -0.25) is 10.1 Å². The molecule has 0 amide bonds. The molecule has 3 rings (SSSR count). The standard InChI is InChI=1S/C16H15N3O3/c1-11-8-16(18-10-14(11)19(20)21)17-7-6-13-9-12-4-2-3-5-15(12)22-13/h2-5,8-10H,6-7H2,1H3,(H,17,18). The van der Waals surface area contributed by atoms with Crippen LogP contribution >= 0.6 is 0 Å². The molecule has 112 valence electrons. The Morgan fingerprint density at radius 1 is 1.32 bits per heavy atom. The first-order valence-electron chi connectivity index (χ1n) is 6.96. The van der Waals surface area contributed by atoms with Crippen molar-refractivity contribution in [2.45, 2.75) is 13.3 Å². The molecule has 2 heterocycles. The third-order valence-electron chi connectivity index (χ3n) is 3.43. The minimum atomic E-state index is -0.430. The smallest absolute Gasteiger partial charge is 0.290 e. The van der Waals surface area contributed by atoms with Crippen molar-refractivity contribution in [1.29, 1.82) is 0 Å². The second-order valence-electron chi connectivity index (χ2n) is 5.04. The third kappa shape index (κ3) is 2.90. The molecule has 0 aliphatic heterocycles. The molecule has 1 aromatic carbocycles. The first-order valence-corrected chi connectivity index (χ1v) is 6.96. The highest BCUT2D eigenvalue weighted by Crippen LogP contribution is 2.20. The van der Waals surface area contributed by atoms with Crippen LogP contribution in [0.4, 0.5) is 11.5 Å². The van der Waals surface area contributed by atoms with Crippen LogP contribution < -0.4 is 5.32 Å². The summed E-state index contributed by atoms with van der Waals surface area (Å²) in [6.45, 7) is 2.34. The summed E-state index contributed by atoms with van der Waals surface area (Å²) in [6, 6.07) is 11.6. The zero-order chi connectivity index (χ0) is 15.5. The van der Waals surface area contributed by atoms with E-state index in [2.05, 4.69) is 10.3 Å². The number of anilines is 1. The molecule has 22 heavy (non-hydrogen) atoms. The van der Waals surface area contributed by atoms with E-state index in [0.29, 0.717) is 24.3 Å². The Bertz CT molecular complexity index is 793. The Morgan fingerprint density at radius 2 is 2.14 bits per heavy atom. The van der Waals surface area contributed by atoms with Gasteiger partial charge in [0.25, 0.3) is 5.69 Å². The number of nitrogens with zero attached hydrogens (tertiary/aromatic N) is 2. The first-order chi connectivity index (χ1) is 10.6. The fraction of sp³-hybridized carbons (Fsp3) is 0.188. The molecule has 0 atom stereocenters. The molecule has 1 N–H and O–H groups in total. The molecule has 0 aliphatic carbocycles. The van der Waals surface area contributed by atoms with Gasteiger partial charge < -0.3 is 9.73 Å². The molecule has 0 aliphatic rings. The summed E-state index contributed by atoms with van der Waals surface area (Å²) in [5.74, 6) is 1.52. The van der Waals surface area contributed by atoms with E-state index in [4.69, 9.17) is 4.42 Å². The van der Waals surface area contributed by atoms with Gasteiger partial charge in [0.05, 0.1) is 4.92 Å². The lowest BCUT2D eigenvalue weighted by molar-refractivity contribution is -0.385. The van der Waals surface area contributed by atoms with E-state index in [1.807, 2.05) is 30.3 Å². The van der Waals surface area contributed by atoms with Gasteiger partial charge in [-0.05, 0) is 25.1 Å². The largest absolute Gasteiger partial charge is 0.461 e. The van der Waals surface area contributed by atoms with Gasteiger partial charge in [-0.25, -0.2) is 4.98 Å². The van der Waals surface area contributed by atoms with Crippen molar-refractivity contribution in [2.75, 3.05) is 11.9 Å². The fourth-order valence-corrected chi connectivity index (χ4v) is 2.31. The number of rotatable bonds is 5.